The lowest BCUT2D eigenvalue weighted by Crippen LogP contribution is -2.14. The van der Waals surface area contributed by atoms with Gasteiger partial charge in [-0.25, -0.2) is 0 Å². The molecule has 0 radical (unpaired) electrons. The second-order valence-corrected chi connectivity index (χ2v) is 3.73. The first kappa shape index (κ1) is 11.2. The van der Waals surface area contributed by atoms with Gasteiger partial charge in [0.05, 0.1) is 5.69 Å². The van der Waals surface area contributed by atoms with Gasteiger partial charge in [-0.15, -0.1) is 0 Å². The highest BCUT2D eigenvalue weighted by molar-refractivity contribution is 5.24. The summed E-state index contributed by atoms with van der Waals surface area (Å²) < 4.78 is 1.97. The molecule has 1 heterocycles. The van der Waals surface area contributed by atoms with Gasteiger partial charge in [0.15, 0.2) is 0 Å². The van der Waals surface area contributed by atoms with Crippen molar-refractivity contribution in [2.45, 2.75) is 33.6 Å². The molecule has 0 bridgehead atoms. The molecule has 0 saturated carbocycles. The molecule has 1 aromatic heterocycles. The van der Waals surface area contributed by atoms with E-state index in [-0.39, 0.29) is 0 Å². The third-order valence-corrected chi connectivity index (χ3v) is 2.69. The zero-order chi connectivity index (χ0) is 10.6. The van der Waals surface area contributed by atoms with Crippen LogP contribution in [0.15, 0.2) is 0 Å². The molecular formula is C11H21N3. The van der Waals surface area contributed by atoms with Crippen LogP contribution < -0.4 is 5.32 Å². The fourth-order valence-corrected chi connectivity index (χ4v) is 1.75. The molecule has 3 heteroatoms. The molecule has 0 aromatic carbocycles. The van der Waals surface area contributed by atoms with Crippen molar-refractivity contribution in [1.29, 1.82) is 0 Å². The largest absolute Gasteiger partial charge is 0.317 e. The lowest BCUT2D eigenvalue weighted by atomic mass is 10.1. The number of nitrogens with zero attached hydrogens (tertiary/aromatic N) is 2. The van der Waals surface area contributed by atoms with Gasteiger partial charge in [-0.3, -0.25) is 4.68 Å². The lowest BCUT2D eigenvalue weighted by Gasteiger charge is -2.02. The smallest absolute Gasteiger partial charge is 0.0628 e. The van der Waals surface area contributed by atoms with Crippen molar-refractivity contribution in [2.24, 2.45) is 7.05 Å². The lowest BCUT2D eigenvalue weighted by molar-refractivity contribution is 0.669. The van der Waals surface area contributed by atoms with E-state index in [0.29, 0.717) is 0 Å². The Hall–Kier alpha value is -0.830. The van der Waals surface area contributed by atoms with E-state index in [1.165, 1.54) is 23.4 Å². The Morgan fingerprint density at radius 2 is 2.07 bits per heavy atom. The highest BCUT2D eigenvalue weighted by Crippen LogP contribution is 2.13. The summed E-state index contributed by atoms with van der Waals surface area (Å²) >= 11 is 0. The molecule has 3 nitrogen and oxygen atoms in total. The highest BCUT2D eigenvalue weighted by atomic mass is 15.3. The molecule has 0 aliphatic heterocycles. The standard InChI is InChI=1S/C11H21N3/c1-5-12-8-6-7-11-9(2)13-14(4)10(11)3/h12H,5-8H2,1-4H3. The van der Waals surface area contributed by atoms with E-state index in [2.05, 4.69) is 31.2 Å². The van der Waals surface area contributed by atoms with E-state index in [1.807, 2.05) is 11.7 Å². The van der Waals surface area contributed by atoms with Crippen molar-refractivity contribution in [2.75, 3.05) is 13.1 Å². The molecule has 1 N–H and O–H groups in total. The molecule has 0 spiro atoms. The van der Waals surface area contributed by atoms with Gasteiger partial charge in [-0.1, -0.05) is 6.92 Å². The number of aromatic nitrogens is 2. The first-order chi connectivity index (χ1) is 6.66. The predicted octanol–water partition coefficient (Wildman–Crippen LogP) is 1.58. The summed E-state index contributed by atoms with van der Waals surface area (Å²) in [6, 6.07) is 0. The van der Waals surface area contributed by atoms with Crippen LogP contribution >= 0.6 is 0 Å². The zero-order valence-electron chi connectivity index (χ0n) is 9.72. The van der Waals surface area contributed by atoms with Crippen LogP contribution in [-0.2, 0) is 13.5 Å². The highest BCUT2D eigenvalue weighted by Gasteiger charge is 2.07. The molecular weight excluding hydrogens is 174 g/mol. The normalized spacial score (nSPS) is 10.9. The van der Waals surface area contributed by atoms with E-state index in [1.54, 1.807) is 0 Å². The summed E-state index contributed by atoms with van der Waals surface area (Å²) in [7, 11) is 2.01. The fraction of sp³-hybridized carbons (Fsp3) is 0.727. The Kier molecular flexibility index (Phi) is 4.14. The Morgan fingerprint density at radius 1 is 1.36 bits per heavy atom. The minimum atomic E-state index is 1.06. The van der Waals surface area contributed by atoms with Gasteiger partial charge in [-0.05, 0) is 45.3 Å². The van der Waals surface area contributed by atoms with Crippen molar-refractivity contribution >= 4 is 0 Å². The molecule has 0 amide bonds. The summed E-state index contributed by atoms with van der Waals surface area (Å²) in [5.74, 6) is 0. The van der Waals surface area contributed by atoms with Crippen molar-refractivity contribution in [3.05, 3.63) is 17.0 Å². The molecule has 1 rings (SSSR count). The Labute approximate surface area is 86.5 Å². The molecule has 0 unspecified atom stereocenters. The first-order valence-corrected chi connectivity index (χ1v) is 5.36. The van der Waals surface area contributed by atoms with Crippen LogP contribution in [0.1, 0.15) is 30.3 Å². The maximum atomic E-state index is 4.41. The molecule has 0 atom stereocenters. The third-order valence-electron chi connectivity index (χ3n) is 2.69. The fourth-order valence-electron chi connectivity index (χ4n) is 1.75. The molecule has 0 aliphatic carbocycles. The van der Waals surface area contributed by atoms with E-state index >= 15 is 0 Å². The molecule has 1 aromatic rings. The van der Waals surface area contributed by atoms with E-state index < -0.39 is 0 Å². The Balaban J connectivity index is 2.49. The molecule has 14 heavy (non-hydrogen) atoms. The van der Waals surface area contributed by atoms with Crippen molar-refractivity contribution in [3.8, 4) is 0 Å². The van der Waals surface area contributed by atoms with Crippen LogP contribution in [-0.4, -0.2) is 22.9 Å². The van der Waals surface area contributed by atoms with Crippen molar-refractivity contribution < 1.29 is 0 Å². The minimum Gasteiger partial charge on any atom is -0.317 e. The van der Waals surface area contributed by atoms with Gasteiger partial charge in [0.2, 0.25) is 0 Å². The average molecular weight is 195 g/mol. The second kappa shape index (κ2) is 5.15. The zero-order valence-corrected chi connectivity index (χ0v) is 9.72. The SMILES string of the molecule is CCNCCCc1c(C)nn(C)c1C. The van der Waals surface area contributed by atoms with E-state index in [4.69, 9.17) is 0 Å². The number of rotatable bonds is 5. The number of nitrogens with one attached hydrogen (secondary N) is 1. The van der Waals surface area contributed by atoms with Gasteiger partial charge >= 0.3 is 0 Å². The number of hydrogen-bond donors (Lipinski definition) is 1. The summed E-state index contributed by atoms with van der Waals surface area (Å²) in [4.78, 5) is 0. The summed E-state index contributed by atoms with van der Waals surface area (Å²) in [5, 5.41) is 7.74. The Bertz CT molecular complexity index is 289. The monoisotopic (exact) mass is 195 g/mol. The van der Waals surface area contributed by atoms with Gasteiger partial charge in [-0.2, -0.15) is 5.10 Å². The third kappa shape index (κ3) is 2.58. The van der Waals surface area contributed by atoms with Gasteiger partial charge in [0, 0.05) is 12.7 Å². The maximum Gasteiger partial charge on any atom is 0.0628 e. The van der Waals surface area contributed by atoms with Crippen LogP contribution in [0.3, 0.4) is 0 Å². The Morgan fingerprint density at radius 3 is 2.57 bits per heavy atom. The quantitative estimate of drug-likeness (QED) is 0.723. The summed E-state index contributed by atoms with van der Waals surface area (Å²) in [6.45, 7) is 8.54. The summed E-state index contributed by atoms with van der Waals surface area (Å²) in [6.07, 6.45) is 2.33. The number of hydrogen-bond acceptors (Lipinski definition) is 2. The molecule has 80 valence electrons. The summed E-state index contributed by atoms with van der Waals surface area (Å²) in [5.41, 5.74) is 3.91. The maximum absolute atomic E-state index is 4.41. The van der Waals surface area contributed by atoms with E-state index in [0.717, 1.165) is 19.5 Å². The predicted molar refractivity (Wildman–Crippen MR) is 59.5 cm³/mol. The van der Waals surface area contributed by atoms with Crippen LogP contribution in [0.4, 0.5) is 0 Å². The van der Waals surface area contributed by atoms with E-state index in [9.17, 15) is 0 Å². The molecule has 0 saturated heterocycles. The topological polar surface area (TPSA) is 29.9 Å². The van der Waals surface area contributed by atoms with Gasteiger partial charge < -0.3 is 5.32 Å². The number of aryl methyl sites for hydroxylation is 2. The average Bonchev–Trinajstić information content (AvgIpc) is 2.38. The van der Waals surface area contributed by atoms with Crippen LogP contribution in [0.5, 0.6) is 0 Å². The first-order valence-electron chi connectivity index (χ1n) is 5.36. The second-order valence-electron chi connectivity index (χ2n) is 3.73. The van der Waals surface area contributed by atoms with Gasteiger partial charge in [0.1, 0.15) is 0 Å². The van der Waals surface area contributed by atoms with Crippen LogP contribution in [0, 0.1) is 13.8 Å². The van der Waals surface area contributed by atoms with Crippen LogP contribution in [0.2, 0.25) is 0 Å². The minimum absolute atomic E-state index is 1.06. The van der Waals surface area contributed by atoms with Gasteiger partial charge in [0.25, 0.3) is 0 Å². The van der Waals surface area contributed by atoms with Crippen LogP contribution in [0.25, 0.3) is 0 Å². The molecule has 0 fully saturated rings. The van der Waals surface area contributed by atoms with Crippen molar-refractivity contribution in [1.82, 2.24) is 15.1 Å². The van der Waals surface area contributed by atoms with Crippen molar-refractivity contribution in [3.63, 3.8) is 0 Å². The molecule has 0 aliphatic rings.